The highest BCUT2D eigenvalue weighted by Crippen LogP contribution is 2.24. The molecule has 0 radical (unpaired) electrons. The molecule has 0 aliphatic carbocycles. The van der Waals surface area contributed by atoms with Crippen LogP contribution in [0.15, 0.2) is 18.2 Å². The SMILES string of the molecule is CCCCCCCCC(NC)c1cccc(F)c1F. The van der Waals surface area contributed by atoms with Crippen molar-refractivity contribution < 1.29 is 8.78 Å². The summed E-state index contributed by atoms with van der Waals surface area (Å²) in [5.41, 5.74) is 0.441. The molecule has 3 heteroatoms. The van der Waals surface area contributed by atoms with Crippen molar-refractivity contribution in [1.82, 2.24) is 5.32 Å². The summed E-state index contributed by atoms with van der Waals surface area (Å²) >= 11 is 0. The third-order valence-corrected chi connectivity index (χ3v) is 3.55. The molecule has 0 saturated carbocycles. The van der Waals surface area contributed by atoms with Gasteiger partial charge in [0, 0.05) is 11.6 Å². The molecule has 0 saturated heterocycles. The van der Waals surface area contributed by atoms with Crippen LogP contribution >= 0.6 is 0 Å². The Labute approximate surface area is 115 Å². The highest BCUT2D eigenvalue weighted by molar-refractivity contribution is 5.22. The van der Waals surface area contributed by atoms with Crippen LogP contribution < -0.4 is 5.32 Å². The quantitative estimate of drug-likeness (QED) is 0.624. The van der Waals surface area contributed by atoms with Crippen LogP contribution in [0.5, 0.6) is 0 Å². The van der Waals surface area contributed by atoms with Crippen LogP contribution in [0.4, 0.5) is 8.78 Å². The Balaban J connectivity index is 2.43. The number of nitrogens with one attached hydrogen (secondary N) is 1. The Morgan fingerprint density at radius 2 is 1.74 bits per heavy atom. The van der Waals surface area contributed by atoms with E-state index in [1.54, 1.807) is 19.2 Å². The smallest absolute Gasteiger partial charge is 0.163 e. The van der Waals surface area contributed by atoms with Gasteiger partial charge < -0.3 is 5.32 Å². The van der Waals surface area contributed by atoms with Gasteiger partial charge >= 0.3 is 0 Å². The minimum atomic E-state index is -0.763. The predicted octanol–water partition coefficient (Wildman–Crippen LogP) is 4.98. The standard InChI is InChI=1S/C16H25F2N/c1-3-4-5-6-7-8-12-15(19-2)13-10-9-11-14(17)16(13)18/h9-11,15,19H,3-8,12H2,1-2H3. The van der Waals surface area contributed by atoms with E-state index in [4.69, 9.17) is 0 Å². The van der Waals surface area contributed by atoms with Crippen LogP contribution in [0.3, 0.4) is 0 Å². The fourth-order valence-electron chi connectivity index (χ4n) is 2.37. The molecule has 1 atom stereocenters. The molecule has 0 heterocycles. The van der Waals surface area contributed by atoms with Gasteiger partial charge in [0.25, 0.3) is 0 Å². The minimum Gasteiger partial charge on any atom is -0.313 e. The molecule has 1 unspecified atom stereocenters. The van der Waals surface area contributed by atoms with E-state index in [9.17, 15) is 8.78 Å². The molecule has 1 aromatic rings. The monoisotopic (exact) mass is 269 g/mol. The van der Waals surface area contributed by atoms with Crippen molar-refractivity contribution in [3.63, 3.8) is 0 Å². The van der Waals surface area contributed by atoms with Gasteiger partial charge in [-0.1, -0.05) is 57.6 Å². The Morgan fingerprint density at radius 3 is 2.42 bits per heavy atom. The second-order valence-electron chi connectivity index (χ2n) is 5.04. The van der Waals surface area contributed by atoms with Gasteiger partial charge in [-0.3, -0.25) is 0 Å². The summed E-state index contributed by atoms with van der Waals surface area (Å²) in [4.78, 5) is 0. The van der Waals surface area contributed by atoms with E-state index in [1.165, 1.54) is 25.7 Å². The highest BCUT2D eigenvalue weighted by Gasteiger charge is 2.16. The predicted molar refractivity (Wildman–Crippen MR) is 76.2 cm³/mol. The largest absolute Gasteiger partial charge is 0.313 e. The van der Waals surface area contributed by atoms with E-state index in [0.29, 0.717) is 5.56 Å². The topological polar surface area (TPSA) is 12.0 Å². The van der Waals surface area contributed by atoms with Crippen LogP contribution in [0, 0.1) is 11.6 Å². The van der Waals surface area contributed by atoms with Gasteiger partial charge in [0.2, 0.25) is 0 Å². The van der Waals surface area contributed by atoms with Gasteiger partial charge in [-0.25, -0.2) is 8.78 Å². The van der Waals surface area contributed by atoms with Crippen molar-refractivity contribution in [3.8, 4) is 0 Å². The lowest BCUT2D eigenvalue weighted by Crippen LogP contribution is -2.18. The molecule has 0 aliphatic rings. The lowest BCUT2D eigenvalue weighted by atomic mass is 9.99. The molecule has 0 fully saturated rings. The van der Waals surface area contributed by atoms with Crippen LogP contribution in [0.2, 0.25) is 0 Å². The second-order valence-corrected chi connectivity index (χ2v) is 5.04. The minimum absolute atomic E-state index is 0.0955. The summed E-state index contributed by atoms with van der Waals surface area (Å²) in [5.74, 6) is -1.48. The average Bonchev–Trinajstić information content (AvgIpc) is 2.42. The van der Waals surface area contributed by atoms with Gasteiger partial charge in [-0.2, -0.15) is 0 Å². The summed E-state index contributed by atoms with van der Waals surface area (Å²) in [6.45, 7) is 2.20. The lowest BCUT2D eigenvalue weighted by molar-refractivity contribution is 0.449. The molecule has 0 bridgehead atoms. The Bertz CT molecular complexity index is 366. The molecule has 0 amide bonds. The second kappa shape index (κ2) is 9.03. The number of rotatable bonds is 9. The lowest BCUT2D eigenvalue weighted by Gasteiger charge is -2.17. The molecular weight excluding hydrogens is 244 g/mol. The molecule has 108 valence electrons. The highest BCUT2D eigenvalue weighted by atomic mass is 19.2. The van der Waals surface area contributed by atoms with Crippen LogP contribution in [0.1, 0.15) is 63.5 Å². The summed E-state index contributed by atoms with van der Waals surface area (Å²) in [7, 11) is 1.80. The zero-order valence-electron chi connectivity index (χ0n) is 12.0. The van der Waals surface area contributed by atoms with Crippen LogP contribution in [0.25, 0.3) is 0 Å². The molecule has 1 aromatic carbocycles. The Kier molecular flexibility index (Phi) is 7.65. The summed E-state index contributed by atoms with van der Waals surface area (Å²) in [5, 5.41) is 3.08. The van der Waals surface area contributed by atoms with Gasteiger partial charge in [0.15, 0.2) is 11.6 Å². The van der Waals surface area contributed by atoms with Gasteiger partial charge in [0.1, 0.15) is 0 Å². The van der Waals surface area contributed by atoms with Crippen molar-refractivity contribution in [2.45, 2.75) is 57.9 Å². The first kappa shape index (κ1) is 16.1. The third-order valence-electron chi connectivity index (χ3n) is 3.55. The average molecular weight is 269 g/mol. The first-order valence-corrected chi connectivity index (χ1v) is 7.31. The first-order chi connectivity index (χ1) is 9.20. The molecule has 1 N–H and O–H groups in total. The number of hydrogen-bond acceptors (Lipinski definition) is 1. The molecule has 0 aliphatic heterocycles. The van der Waals surface area contributed by atoms with Crippen LogP contribution in [-0.4, -0.2) is 7.05 Å². The molecular formula is C16H25F2N. The molecule has 1 nitrogen and oxygen atoms in total. The van der Waals surface area contributed by atoms with E-state index >= 15 is 0 Å². The van der Waals surface area contributed by atoms with Crippen molar-refractivity contribution in [1.29, 1.82) is 0 Å². The Hall–Kier alpha value is -0.960. The number of benzene rings is 1. The van der Waals surface area contributed by atoms with E-state index < -0.39 is 11.6 Å². The summed E-state index contributed by atoms with van der Waals surface area (Å²) in [6, 6.07) is 4.30. The zero-order chi connectivity index (χ0) is 14.1. The maximum Gasteiger partial charge on any atom is 0.163 e. The fraction of sp³-hybridized carbons (Fsp3) is 0.625. The van der Waals surface area contributed by atoms with Crippen molar-refractivity contribution in [2.24, 2.45) is 0 Å². The normalized spacial score (nSPS) is 12.6. The van der Waals surface area contributed by atoms with E-state index in [2.05, 4.69) is 12.2 Å². The zero-order valence-corrected chi connectivity index (χ0v) is 12.0. The summed E-state index contributed by atoms with van der Waals surface area (Å²) < 4.78 is 26.9. The maximum absolute atomic E-state index is 13.7. The van der Waals surface area contributed by atoms with Crippen LogP contribution in [-0.2, 0) is 0 Å². The van der Waals surface area contributed by atoms with Crippen molar-refractivity contribution in [2.75, 3.05) is 7.05 Å². The van der Waals surface area contributed by atoms with E-state index in [0.717, 1.165) is 25.3 Å². The first-order valence-electron chi connectivity index (χ1n) is 7.31. The van der Waals surface area contributed by atoms with Gasteiger partial charge in [-0.15, -0.1) is 0 Å². The maximum atomic E-state index is 13.7. The van der Waals surface area contributed by atoms with Crippen molar-refractivity contribution >= 4 is 0 Å². The number of unbranched alkanes of at least 4 members (excludes halogenated alkanes) is 5. The number of hydrogen-bond donors (Lipinski definition) is 1. The van der Waals surface area contributed by atoms with Gasteiger partial charge in [-0.05, 0) is 19.5 Å². The van der Waals surface area contributed by atoms with Crippen molar-refractivity contribution in [3.05, 3.63) is 35.4 Å². The molecule has 0 spiro atoms. The molecule has 1 rings (SSSR count). The summed E-state index contributed by atoms with van der Waals surface area (Å²) in [6.07, 6.45) is 8.09. The number of halogens is 2. The van der Waals surface area contributed by atoms with E-state index in [-0.39, 0.29) is 6.04 Å². The van der Waals surface area contributed by atoms with Gasteiger partial charge in [0.05, 0.1) is 0 Å². The third kappa shape index (κ3) is 5.27. The Morgan fingerprint density at radius 1 is 1.05 bits per heavy atom. The van der Waals surface area contributed by atoms with E-state index in [1.807, 2.05) is 0 Å². The fourth-order valence-corrected chi connectivity index (χ4v) is 2.37. The molecule has 19 heavy (non-hydrogen) atoms. The molecule has 0 aromatic heterocycles.